The molecule has 0 N–H and O–H groups in total. The molecule has 1 heterocycles. The van der Waals surface area contributed by atoms with Crippen molar-refractivity contribution < 1.29 is 4.39 Å². The zero-order valence-corrected chi connectivity index (χ0v) is 10.2. The van der Waals surface area contributed by atoms with E-state index in [1.807, 2.05) is 12.1 Å². The van der Waals surface area contributed by atoms with E-state index in [-0.39, 0.29) is 11.2 Å². The van der Waals surface area contributed by atoms with Crippen LogP contribution >= 0.6 is 0 Å². The molecule has 0 radical (unpaired) electrons. The van der Waals surface area contributed by atoms with Crippen molar-refractivity contribution in [2.24, 2.45) is 0 Å². The summed E-state index contributed by atoms with van der Waals surface area (Å²) in [5.41, 5.74) is 0.919. The Morgan fingerprint density at radius 2 is 1.88 bits per heavy atom. The van der Waals surface area contributed by atoms with Gasteiger partial charge in [-0.25, -0.2) is 4.39 Å². The molecule has 2 heteroatoms. The van der Waals surface area contributed by atoms with E-state index < -0.39 is 0 Å². The molecule has 1 aliphatic rings. The molecule has 0 bridgehead atoms. The van der Waals surface area contributed by atoms with Gasteiger partial charge in [-0.05, 0) is 49.5 Å². The van der Waals surface area contributed by atoms with E-state index >= 15 is 0 Å². The standard InChI is InChI=1S/C14H20FN/c1-3-16-10-8-14(2,9-11-16)12-6-4-5-7-13(12)15/h4-7H,3,8-11H2,1-2H3. The molecule has 0 aliphatic carbocycles. The number of nitrogens with zero attached hydrogens (tertiary/aromatic N) is 1. The lowest BCUT2D eigenvalue weighted by atomic mass is 9.74. The van der Waals surface area contributed by atoms with Crippen LogP contribution in [0.5, 0.6) is 0 Å². The van der Waals surface area contributed by atoms with Crippen LogP contribution < -0.4 is 0 Å². The van der Waals surface area contributed by atoms with Gasteiger partial charge in [0.1, 0.15) is 5.82 Å². The molecule has 1 fully saturated rings. The number of rotatable bonds is 2. The predicted octanol–water partition coefficient (Wildman–Crippen LogP) is 3.20. The van der Waals surface area contributed by atoms with Gasteiger partial charge in [-0.1, -0.05) is 32.0 Å². The van der Waals surface area contributed by atoms with Gasteiger partial charge in [-0.2, -0.15) is 0 Å². The average Bonchev–Trinajstić information content (AvgIpc) is 2.30. The third kappa shape index (κ3) is 2.12. The summed E-state index contributed by atoms with van der Waals surface area (Å²) in [5.74, 6) is -0.0463. The number of piperidine rings is 1. The second kappa shape index (κ2) is 4.54. The van der Waals surface area contributed by atoms with Gasteiger partial charge in [0.05, 0.1) is 0 Å². The van der Waals surface area contributed by atoms with Gasteiger partial charge in [0, 0.05) is 0 Å². The molecule has 1 aromatic carbocycles. The lowest BCUT2D eigenvalue weighted by Crippen LogP contribution is -2.41. The molecule has 0 spiro atoms. The Morgan fingerprint density at radius 1 is 1.25 bits per heavy atom. The van der Waals surface area contributed by atoms with Crippen molar-refractivity contribution in [3.05, 3.63) is 35.6 Å². The first kappa shape index (κ1) is 11.6. The number of hydrogen-bond donors (Lipinski definition) is 0. The highest BCUT2D eigenvalue weighted by Gasteiger charge is 2.32. The van der Waals surface area contributed by atoms with Crippen LogP contribution in [-0.2, 0) is 5.41 Å². The van der Waals surface area contributed by atoms with Crippen molar-refractivity contribution in [2.75, 3.05) is 19.6 Å². The summed E-state index contributed by atoms with van der Waals surface area (Å²) in [6, 6.07) is 7.23. The highest BCUT2D eigenvalue weighted by Crippen LogP contribution is 2.36. The topological polar surface area (TPSA) is 3.24 Å². The van der Waals surface area contributed by atoms with E-state index in [1.165, 1.54) is 0 Å². The summed E-state index contributed by atoms with van der Waals surface area (Å²) in [4.78, 5) is 2.43. The fourth-order valence-electron chi connectivity index (χ4n) is 2.58. The van der Waals surface area contributed by atoms with E-state index in [0.717, 1.165) is 38.0 Å². The monoisotopic (exact) mass is 221 g/mol. The third-order valence-electron chi connectivity index (χ3n) is 3.93. The number of hydrogen-bond acceptors (Lipinski definition) is 1. The van der Waals surface area contributed by atoms with Crippen LogP contribution in [0, 0.1) is 5.82 Å². The molecule has 2 rings (SSSR count). The Balaban J connectivity index is 2.18. The van der Waals surface area contributed by atoms with Crippen molar-refractivity contribution in [3.63, 3.8) is 0 Å². The van der Waals surface area contributed by atoms with Gasteiger partial charge in [0.2, 0.25) is 0 Å². The molecule has 1 aromatic rings. The van der Waals surface area contributed by atoms with E-state index in [1.54, 1.807) is 12.1 Å². The Morgan fingerprint density at radius 3 is 2.44 bits per heavy atom. The van der Waals surface area contributed by atoms with Crippen LogP contribution in [0.15, 0.2) is 24.3 Å². The van der Waals surface area contributed by atoms with Gasteiger partial charge in [-0.3, -0.25) is 0 Å². The van der Waals surface area contributed by atoms with Crippen molar-refractivity contribution >= 4 is 0 Å². The third-order valence-corrected chi connectivity index (χ3v) is 3.93. The zero-order valence-electron chi connectivity index (χ0n) is 10.2. The summed E-state index contributed by atoms with van der Waals surface area (Å²) in [6.07, 6.45) is 2.11. The zero-order chi connectivity index (χ0) is 11.6. The molecular formula is C14H20FN. The summed E-state index contributed by atoms with van der Waals surface area (Å²) in [5, 5.41) is 0. The highest BCUT2D eigenvalue weighted by molar-refractivity contribution is 5.27. The Kier molecular flexibility index (Phi) is 3.29. The molecule has 0 unspecified atom stereocenters. The number of likely N-dealkylation sites (tertiary alicyclic amines) is 1. The van der Waals surface area contributed by atoms with Gasteiger partial charge >= 0.3 is 0 Å². The van der Waals surface area contributed by atoms with Crippen LogP contribution in [0.25, 0.3) is 0 Å². The van der Waals surface area contributed by atoms with E-state index in [4.69, 9.17) is 0 Å². The van der Waals surface area contributed by atoms with Crippen molar-refractivity contribution in [3.8, 4) is 0 Å². The first-order valence-corrected chi connectivity index (χ1v) is 6.13. The van der Waals surface area contributed by atoms with Gasteiger partial charge in [0.15, 0.2) is 0 Å². The van der Waals surface area contributed by atoms with E-state index in [0.29, 0.717) is 0 Å². The Hall–Kier alpha value is -0.890. The molecule has 0 atom stereocenters. The first-order valence-electron chi connectivity index (χ1n) is 6.13. The first-order chi connectivity index (χ1) is 7.65. The summed E-state index contributed by atoms with van der Waals surface area (Å²) in [6.45, 7) is 7.65. The van der Waals surface area contributed by atoms with Crippen LogP contribution in [0.2, 0.25) is 0 Å². The Labute approximate surface area is 97.3 Å². The van der Waals surface area contributed by atoms with Crippen LogP contribution in [0.3, 0.4) is 0 Å². The van der Waals surface area contributed by atoms with Gasteiger partial charge in [0.25, 0.3) is 0 Å². The normalized spacial score (nSPS) is 20.9. The summed E-state index contributed by atoms with van der Waals surface area (Å²) in [7, 11) is 0. The van der Waals surface area contributed by atoms with E-state index in [2.05, 4.69) is 18.7 Å². The average molecular weight is 221 g/mol. The van der Waals surface area contributed by atoms with Crippen LogP contribution in [-0.4, -0.2) is 24.5 Å². The molecular weight excluding hydrogens is 201 g/mol. The summed E-state index contributed by atoms with van der Waals surface area (Å²) < 4.78 is 13.8. The largest absolute Gasteiger partial charge is 0.304 e. The quantitative estimate of drug-likeness (QED) is 0.741. The minimum Gasteiger partial charge on any atom is -0.304 e. The smallest absolute Gasteiger partial charge is 0.126 e. The fourth-order valence-corrected chi connectivity index (χ4v) is 2.58. The maximum atomic E-state index is 13.8. The SMILES string of the molecule is CCN1CCC(C)(c2ccccc2F)CC1. The minimum absolute atomic E-state index is 0.0248. The fraction of sp³-hybridized carbons (Fsp3) is 0.571. The van der Waals surface area contributed by atoms with Crippen LogP contribution in [0.4, 0.5) is 4.39 Å². The van der Waals surface area contributed by atoms with E-state index in [9.17, 15) is 4.39 Å². The molecule has 1 saturated heterocycles. The van der Waals surface area contributed by atoms with Crippen molar-refractivity contribution in [1.82, 2.24) is 4.90 Å². The Bertz CT molecular complexity index is 354. The second-order valence-electron chi connectivity index (χ2n) is 4.97. The molecule has 1 aliphatic heterocycles. The lowest BCUT2D eigenvalue weighted by Gasteiger charge is -2.39. The maximum Gasteiger partial charge on any atom is 0.126 e. The minimum atomic E-state index is -0.0463. The number of halogens is 1. The molecule has 88 valence electrons. The molecule has 0 amide bonds. The molecule has 1 nitrogen and oxygen atoms in total. The van der Waals surface area contributed by atoms with Crippen LogP contribution in [0.1, 0.15) is 32.3 Å². The molecule has 16 heavy (non-hydrogen) atoms. The summed E-state index contributed by atoms with van der Waals surface area (Å²) >= 11 is 0. The molecule has 0 aromatic heterocycles. The van der Waals surface area contributed by atoms with Gasteiger partial charge in [-0.15, -0.1) is 0 Å². The van der Waals surface area contributed by atoms with Crippen molar-refractivity contribution in [2.45, 2.75) is 32.1 Å². The molecule has 0 saturated carbocycles. The second-order valence-corrected chi connectivity index (χ2v) is 4.97. The highest BCUT2D eigenvalue weighted by atomic mass is 19.1. The number of benzene rings is 1. The van der Waals surface area contributed by atoms with Gasteiger partial charge < -0.3 is 4.90 Å². The lowest BCUT2D eigenvalue weighted by molar-refractivity contribution is 0.173. The predicted molar refractivity (Wildman–Crippen MR) is 65.1 cm³/mol. The maximum absolute atomic E-state index is 13.8. The van der Waals surface area contributed by atoms with Crippen molar-refractivity contribution in [1.29, 1.82) is 0 Å².